The number of aromatic nitrogens is 1. The maximum absolute atomic E-state index is 12.4. The first-order valence-corrected chi connectivity index (χ1v) is 10.5. The van der Waals surface area contributed by atoms with Gasteiger partial charge in [-0.25, -0.2) is 4.98 Å². The van der Waals surface area contributed by atoms with Crippen molar-refractivity contribution in [3.8, 4) is 5.75 Å². The first-order chi connectivity index (χ1) is 13.5. The number of carbonyl (C=O) groups is 2. The topological polar surface area (TPSA) is 71.5 Å². The largest absolute Gasteiger partial charge is 0.492 e. The summed E-state index contributed by atoms with van der Waals surface area (Å²) in [5, 5.41) is 6.89. The molecule has 0 aliphatic heterocycles. The molecule has 3 rings (SSSR count). The Kier molecular flexibility index (Phi) is 6.78. The van der Waals surface area contributed by atoms with Crippen molar-refractivity contribution in [2.75, 3.05) is 25.5 Å². The van der Waals surface area contributed by atoms with Crippen molar-refractivity contribution in [2.24, 2.45) is 0 Å². The predicted molar refractivity (Wildman–Crippen MR) is 112 cm³/mol. The molecule has 0 unspecified atom stereocenters. The van der Waals surface area contributed by atoms with Gasteiger partial charge in [0.15, 0.2) is 5.13 Å². The number of hydrogen-bond acceptors (Lipinski definition) is 6. The molecule has 8 heteroatoms. The fourth-order valence-corrected chi connectivity index (χ4v) is 3.69. The van der Waals surface area contributed by atoms with Gasteiger partial charge in [-0.05, 0) is 30.5 Å². The van der Waals surface area contributed by atoms with Crippen LogP contribution in [0.5, 0.6) is 5.75 Å². The molecule has 0 spiro atoms. The van der Waals surface area contributed by atoms with Crippen LogP contribution in [0, 0.1) is 6.92 Å². The highest BCUT2D eigenvalue weighted by Gasteiger charge is 2.14. The molecule has 0 fully saturated rings. The SMILES string of the molecule is Cc1ccc(OCCN(C)C(=O)Cc2csc(NC(=O)c3cccs3)n2)cc1. The quantitative estimate of drug-likeness (QED) is 0.607. The van der Waals surface area contributed by atoms with Gasteiger partial charge in [0.05, 0.1) is 23.5 Å². The number of thiophene rings is 1. The average Bonchev–Trinajstić information content (AvgIpc) is 3.35. The molecular weight excluding hydrogens is 394 g/mol. The second-order valence-corrected chi connectivity index (χ2v) is 8.03. The summed E-state index contributed by atoms with van der Waals surface area (Å²) in [5.41, 5.74) is 1.82. The molecule has 28 heavy (non-hydrogen) atoms. The van der Waals surface area contributed by atoms with Crippen LogP contribution in [0.15, 0.2) is 47.2 Å². The van der Waals surface area contributed by atoms with E-state index in [2.05, 4.69) is 10.3 Å². The molecule has 0 aliphatic rings. The summed E-state index contributed by atoms with van der Waals surface area (Å²) >= 11 is 2.68. The molecule has 0 saturated carbocycles. The minimum absolute atomic E-state index is 0.0473. The van der Waals surface area contributed by atoms with E-state index < -0.39 is 0 Å². The Hall–Kier alpha value is -2.71. The number of nitrogens with zero attached hydrogens (tertiary/aromatic N) is 2. The van der Waals surface area contributed by atoms with Crippen molar-refractivity contribution in [3.63, 3.8) is 0 Å². The molecule has 0 radical (unpaired) electrons. The normalized spacial score (nSPS) is 10.5. The molecule has 3 aromatic rings. The number of hydrogen-bond donors (Lipinski definition) is 1. The standard InChI is InChI=1S/C20H21N3O3S2/c1-14-5-7-16(8-6-14)26-10-9-23(2)18(24)12-15-13-28-20(21-15)22-19(25)17-4-3-11-27-17/h3-8,11,13H,9-10,12H2,1-2H3,(H,21,22,25). The number of aryl methyl sites for hydroxylation is 1. The van der Waals surface area contributed by atoms with Crippen molar-refractivity contribution in [3.05, 3.63) is 63.3 Å². The van der Waals surface area contributed by atoms with Gasteiger partial charge >= 0.3 is 0 Å². The van der Waals surface area contributed by atoms with Gasteiger partial charge < -0.3 is 9.64 Å². The van der Waals surface area contributed by atoms with Gasteiger partial charge in [0, 0.05) is 12.4 Å². The van der Waals surface area contributed by atoms with Crippen LogP contribution >= 0.6 is 22.7 Å². The summed E-state index contributed by atoms with van der Waals surface area (Å²) in [7, 11) is 1.74. The van der Waals surface area contributed by atoms with E-state index in [0.717, 1.165) is 5.75 Å². The van der Waals surface area contributed by atoms with Crippen LogP contribution in [0.4, 0.5) is 5.13 Å². The van der Waals surface area contributed by atoms with Crippen LogP contribution < -0.4 is 10.1 Å². The highest BCUT2D eigenvalue weighted by Crippen LogP contribution is 2.18. The number of amides is 2. The number of carbonyl (C=O) groups excluding carboxylic acids is 2. The predicted octanol–water partition coefficient (Wildman–Crippen LogP) is 3.85. The molecular formula is C20H21N3O3S2. The van der Waals surface area contributed by atoms with Crippen LogP contribution in [0.3, 0.4) is 0 Å². The van der Waals surface area contributed by atoms with Gasteiger partial charge in [0.2, 0.25) is 5.91 Å². The summed E-state index contributed by atoms with van der Waals surface area (Å²) in [6.07, 6.45) is 0.187. The molecule has 0 bridgehead atoms. The van der Waals surface area contributed by atoms with Crippen molar-refractivity contribution < 1.29 is 14.3 Å². The Labute approximate surface area is 171 Å². The Morgan fingerprint density at radius 2 is 1.96 bits per heavy atom. The van der Waals surface area contributed by atoms with Crippen LogP contribution in [0.1, 0.15) is 20.9 Å². The monoisotopic (exact) mass is 415 g/mol. The van der Waals surface area contributed by atoms with Crippen molar-refractivity contribution in [1.82, 2.24) is 9.88 Å². The number of ether oxygens (including phenoxy) is 1. The third-order valence-electron chi connectivity index (χ3n) is 3.99. The number of thiazole rings is 1. The third-order valence-corrected chi connectivity index (χ3v) is 5.67. The zero-order chi connectivity index (χ0) is 19.9. The average molecular weight is 416 g/mol. The lowest BCUT2D eigenvalue weighted by molar-refractivity contribution is -0.129. The smallest absolute Gasteiger partial charge is 0.267 e. The molecule has 1 aromatic carbocycles. The summed E-state index contributed by atoms with van der Waals surface area (Å²) in [4.78, 5) is 31.0. The molecule has 6 nitrogen and oxygen atoms in total. The number of likely N-dealkylation sites (N-methyl/N-ethyl adjacent to an activating group) is 1. The Balaban J connectivity index is 1.44. The third kappa shape index (κ3) is 5.64. The molecule has 1 N–H and O–H groups in total. The maximum Gasteiger partial charge on any atom is 0.267 e. The van der Waals surface area contributed by atoms with Gasteiger partial charge in [-0.15, -0.1) is 22.7 Å². The van der Waals surface area contributed by atoms with E-state index in [4.69, 9.17) is 4.74 Å². The minimum atomic E-state index is -0.187. The highest BCUT2D eigenvalue weighted by molar-refractivity contribution is 7.14. The van der Waals surface area contributed by atoms with Crippen molar-refractivity contribution in [1.29, 1.82) is 0 Å². The highest BCUT2D eigenvalue weighted by atomic mass is 32.1. The number of anilines is 1. The van der Waals surface area contributed by atoms with Gasteiger partial charge in [0.25, 0.3) is 5.91 Å². The van der Waals surface area contributed by atoms with E-state index in [9.17, 15) is 9.59 Å². The van der Waals surface area contributed by atoms with Crippen LogP contribution in [-0.2, 0) is 11.2 Å². The molecule has 0 aliphatic carbocycles. The minimum Gasteiger partial charge on any atom is -0.492 e. The van der Waals surface area contributed by atoms with Crippen LogP contribution in [-0.4, -0.2) is 41.9 Å². The number of benzene rings is 1. The van der Waals surface area contributed by atoms with Gasteiger partial charge in [-0.3, -0.25) is 14.9 Å². The fourth-order valence-electron chi connectivity index (χ4n) is 2.36. The van der Waals surface area contributed by atoms with Gasteiger partial charge in [-0.1, -0.05) is 23.8 Å². The fraction of sp³-hybridized carbons (Fsp3) is 0.250. The van der Waals surface area contributed by atoms with E-state index in [-0.39, 0.29) is 18.2 Å². The Bertz CT molecular complexity index is 921. The zero-order valence-corrected chi connectivity index (χ0v) is 17.3. The molecule has 2 heterocycles. The summed E-state index contributed by atoms with van der Waals surface area (Å²) in [6, 6.07) is 11.4. The molecule has 0 atom stereocenters. The Morgan fingerprint density at radius 3 is 2.68 bits per heavy atom. The number of nitrogens with one attached hydrogen (secondary N) is 1. The lowest BCUT2D eigenvalue weighted by atomic mass is 10.2. The van der Waals surface area contributed by atoms with E-state index >= 15 is 0 Å². The van der Waals surface area contributed by atoms with Crippen LogP contribution in [0.25, 0.3) is 0 Å². The Morgan fingerprint density at radius 1 is 1.18 bits per heavy atom. The van der Waals surface area contributed by atoms with Gasteiger partial charge in [0.1, 0.15) is 12.4 Å². The summed E-state index contributed by atoms with van der Waals surface area (Å²) in [6.45, 7) is 2.93. The maximum atomic E-state index is 12.4. The second-order valence-electron chi connectivity index (χ2n) is 6.23. The molecule has 0 saturated heterocycles. The lowest BCUT2D eigenvalue weighted by Gasteiger charge is -2.17. The van der Waals surface area contributed by atoms with Crippen LogP contribution in [0.2, 0.25) is 0 Å². The zero-order valence-electron chi connectivity index (χ0n) is 15.7. The van der Waals surface area contributed by atoms with E-state index in [1.54, 1.807) is 23.4 Å². The first kappa shape index (κ1) is 20.0. The van der Waals surface area contributed by atoms with Crippen molar-refractivity contribution in [2.45, 2.75) is 13.3 Å². The second kappa shape index (κ2) is 9.48. The van der Waals surface area contributed by atoms with E-state index in [1.165, 1.54) is 28.2 Å². The summed E-state index contributed by atoms with van der Waals surface area (Å²) < 4.78 is 5.66. The van der Waals surface area contributed by atoms with E-state index in [1.807, 2.05) is 42.6 Å². The molecule has 2 amide bonds. The lowest BCUT2D eigenvalue weighted by Crippen LogP contribution is -2.32. The molecule has 2 aromatic heterocycles. The van der Waals surface area contributed by atoms with E-state index in [0.29, 0.717) is 28.9 Å². The van der Waals surface area contributed by atoms with Crippen molar-refractivity contribution >= 4 is 39.6 Å². The summed E-state index contributed by atoms with van der Waals surface area (Å²) in [5.74, 6) is 0.554. The van der Waals surface area contributed by atoms with Gasteiger partial charge in [-0.2, -0.15) is 0 Å². The molecule has 146 valence electrons. The first-order valence-electron chi connectivity index (χ1n) is 8.74. The number of rotatable bonds is 8.